The van der Waals surface area contributed by atoms with E-state index in [4.69, 9.17) is 4.52 Å². The van der Waals surface area contributed by atoms with E-state index in [1.807, 2.05) is 66.4 Å². The Labute approximate surface area is 176 Å². The van der Waals surface area contributed by atoms with Crippen LogP contribution in [0.1, 0.15) is 22.6 Å². The predicted molar refractivity (Wildman–Crippen MR) is 117 cm³/mol. The zero-order valence-corrected chi connectivity index (χ0v) is 17.4. The van der Waals surface area contributed by atoms with Crippen molar-refractivity contribution in [3.05, 3.63) is 77.2 Å². The zero-order valence-electron chi connectivity index (χ0n) is 17.4. The van der Waals surface area contributed by atoms with Crippen molar-refractivity contribution < 1.29 is 9.32 Å². The van der Waals surface area contributed by atoms with Gasteiger partial charge < -0.3 is 9.42 Å². The monoisotopic (exact) mass is 402 g/mol. The molecule has 0 radical (unpaired) electrons. The predicted octanol–water partition coefficient (Wildman–Crippen LogP) is 3.71. The number of benzene rings is 2. The molecule has 6 heteroatoms. The first kappa shape index (κ1) is 20.0. The number of piperazine rings is 1. The average Bonchev–Trinajstić information content (AvgIpc) is 3.22. The van der Waals surface area contributed by atoms with Gasteiger partial charge in [-0.3, -0.25) is 9.69 Å². The maximum atomic E-state index is 12.5. The minimum Gasteiger partial charge on any atom is -0.338 e. The van der Waals surface area contributed by atoms with E-state index in [1.165, 1.54) is 11.1 Å². The molecule has 0 unspecified atom stereocenters. The number of nitrogens with zero attached hydrogens (tertiary/aromatic N) is 4. The lowest BCUT2D eigenvalue weighted by molar-refractivity contribution is -0.127. The van der Waals surface area contributed by atoms with Crippen LogP contribution in [0.25, 0.3) is 17.5 Å². The first-order valence-corrected chi connectivity index (χ1v) is 10.2. The van der Waals surface area contributed by atoms with Crippen molar-refractivity contribution in [2.45, 2.75) is 20.4 Å². The minimum absolute atomic E-state index is 0.0506. The number of carbonyl (C=O) groups is 1. The molecule has 0 aliphatic carbocycles. The summed E-state index contributed by atoms with van der Waals surface area (Å²) in [7, 11) is 0. The van der Waals surface area contributed by atoms with Crippen molar-refractivity contribution in [3.63, 3.8) is 0 Å². The molecular weight excluding hydrogens is 376 g/mol. The van der Waals surface area contributed by atoms with Gasteiger partial charge in [-0.1, -0.05) is 64.8 Å². The van der Waals surface area contributed by atoms with Gasteiger partial charge in [0.15, 0.2) is 0 Å². The molecule has 2 heterocycles. The van der Waals surface area contributed by atoms with Crippen LogP contribution < -0.4 is 0 Å². The molecule has 0 saturated carbocycles. The average molecular weight is 402 g/mol. The summed E-state index contributed by atoms with van der Waals surface area (Å²) in [5, 5.41) is 4.10. The SMILES string of the molecule is Cc1ccc(C=CC(=O)N2CCN(Cc3nc(-c4ccc(C)cc4)no3)CC2)cc1. The molecule has 1 aliphatic rings. The van der Waals surface area contributed by atoms with Gasteiger partial charge in [-0.05, 0) is 25.5 Å². The topological polar surface area (TPSA) is 62.5 Å². The zero-order chi connectivity index (χ0) is 20.9. The van der Waals surface area contributed by atoms with Crippen LogP contribution in [0, 0.1) is 13.8 Å². The van der Waals surface area contributed by atoms with Crippen molar-refractivity contribution in [2.24, 2.45) is 0 Å². The third kappa shape index (κ3) is 5.02. The quantitative estimate of drug-likeness (QED) is 0.609. The normalized spacial score (nSPS) is 15.1. The minimum atomic E-state index is 0.0506. The van der Waals surface area contributed by atoms with Gasteiger partial charge in [0, 0.05) is 37.8 Å². The number of rotatable bonds is 5. The summed E-state index contributed by atoms with van der Waals surface area (Å²) in [6, 6.07) is 16.2. The highest BCUT2D eigenvalue weighted by Crippen LogP contribution is 2.17. The Morgan fingerprint density at radius 1 is 0.967 bits per heavy atom. The van der Waals surface area contributed by atoms with E-state index in [1.54, 1.807) is 6.08 Å². The molecule has 0 N–H and O–H groups in total. The number of amides is 1. The van der Waals surface area contributed by atoms with Crippen LogP contribution in [0.3, 0.4) is 0 Å². The molecule has 1 aliphatic heterocycles. The van der Waals surface area contributed by atoms with Gasteiger partial charge in [0.05, 0.1) is 6.54 Å². The van der Waals surface area contributed by atoms with Gasteiger partial charge in [-0.2, -0.15) is 4.98 Å². The van der Waals surface area contributed by atoms with E-state index in [0.29, 0.717) is 31.3 Å². The van der Waals surface area contributed by atoms with Crippen molar-refractivity contribution in [3.8, 4) is 11.4 Å². The molecule has 4 rings (SSSR count). The molecule has 1 amide bonds. The van der Waals surface area contributed by atoms with E-state index in [0.717, 1.165) is 24.2 Å². The van der Waals surface area contributed by atoms with Crippen molar-refractivity contribution >= 4 is 12.0 Å². The molecule has 0 atom stereocenters. The molecule has 0 spiro atoms. The molecule has 1 aromatic heterocycles. The number of hydrogen-bond acceptors (Lipinski definition) is 5. The second kappa shape index (κ2) is 9.05. The molecule has 154 valence electrons. The Balaban J connectivity index is 1.28. The third-order valence-corrected chi connectivity index (χ3v) is 5.32. The second-order valence-electron chi connectivity index (χ2n) is 7.72. The number of aryl methyl sites for hydroxylation is 2. The molecule has 2 aromatic carbocycles. The first-order valence-electron chi connectivity index (χ1n) is 10.2. The first-order chi connectivity index (χ1) is 14.6. The number of hydrogen-bond donors (Lipinski definition) is 0. The molecule has 0 bridgehead atoms. The fourth-order valence-electron chi connectivity index (χ4n) is 3.41. The van der Waals surface area contributed by atoms with E-state index in [-0.39, 0.29) is 5.91 Å². The van der Waals surface area contributed by atoms with Crippen LogP contribution in [-0.4, -0.2) is 52.0 Å². The van der Waals surface area contributed by atoms with Crippen LogP contribution in [0.2, 0.25) is 0 Å². The van der Waals surface area contributed by atoms with Crippen LogP contribution in [-0.2, 0) is 11.3 Å². The molecule has 30 heavy (non-hydrogen) atoms. The van der Waals surface area contributed by atoms with Gasteiger partial charge in [0.2, 0.25) is 17.6 Å². The summed E-state index contributed by atoms with van der Waals surface area (Å²) in [5.41, 5.74) is 4.39. The third-order valence-electron chi connectivity index (χ3n) is 5.32. The standard InChI is InChI=1S/C24H26N4O2/c1-18-3-7-20(8-4-18)9-12-23(29)28-15-13-27(14-16-28)17-22-25-24(26-30-22)21-10-5-19(2)6-11-21/h3-12H,13-17H2,1-2H3. The van der Waals surface area contributed by atoms with Crippen LogP contribution in [0.4, 0.5) is 0 Å². The highest BCUT2D eigenvalue weighted by Gasteiger charge is 2.21. The Kier molecular flexibility index (Phi) is 6.05. The summed E-state index contributed by atoms with van der Waals surface area (Å²) in [6.45, 7) is 7.65. The molecule has 1 saturated heterocycles. The van der Waals surface area contributed by atoms with Crippen molar-refractivity contribution in [2.75, 3.05) is 26.2 Å². The fourth-order valence-corrected chi connectivity index (χ4v) is 3.41. The summed E-state index contributed by atoms with van der Waals surface area (Å²) in [5.74, 6) is 1.26. The molecule has 6 nitrogen and oxygen atoms in total. The highest BCUT2D eigenvalue weighted by atomic mass is 16.5. The van der Waals surface area contributed by atoms with Gasteiger partial charge in [0.1, 0.15) is 0 Å². The van der Waals surface area contributed by atoms with E-state index in [2.05, 4.69) is 22.0 Å². The summed E-state index contributed by atoms with van der Waals surface area (Å²) < 4.78 is 5.43. The van der Waals surface area contributed by atoms with Gasteiger partial charge in [0.25, 0.3) is 0 Å². The van der Waals surface area contributed by atoms with E-state index < -0.39 is 0 Å². The number of carbonyl (C=O) groups excluding carboxylic acids is 1. The van der Waals surface area contributed by atoms with E-state index in [9.17, 15) is 4.79 Å². The lowest BCUT2D eigenvalue weighted by Crippen LogP contribution is -2.47. The molecule has 3 aromatic rings. The largest absolute Gasteiger partial charge is 0.338 e. The smallest absolute Gasteiger partial charge is 0.246 e. The van der Waals surface area contributed by atoms with Crippen LogP contribution in [0.5, 0.6) is 0 Å². The lowest BCUT2D eigenvalue weighted by atomic mass is 10.1. The maximum Gasteiger partial charge on any atom is 0.246 e. The van der Waals surface area contributed by atoms with Crippen LogP contribution >= 0.6 is 0 Å². The summed E-state index contributed by atoms with van der Waals surface area (Å²) in [4.78, 5) is 21.1. The highest BCUT2D eigenvalue weighted by molar-refractivity contribution is 5.91. The second-order valence-corrected chi connectivity index (χ2v) is 7.72. The van der Waals surface area contributed by atoms with Gasteiger partial charge in [-0.15, -0.1) is 0 Å². The number of aromatic nitrogens is 2. The van der Waals surface area contributed by atoms with Gasteiger partial charge >= 0.3 is 0 Å². The Hall–Kier alpha value is -3.25. The Morgan fingerprint density at radius 3 is 2.27 bits per heavy atom. The van der Waals surface area contributed by atoms with E-state index >= 15 is 0 Å². The fraction of sp³-hybridized carbons (Fsp3) is 0.292. The Bertz CT molecular complexity index is 1010. The maximum absolute atomic E-state index is 12.5. The molecule has 1 fully saturated rings. The summed E-state index contributed by atoms with van der Waals surface area (Å²) in [6.07, 6.45) is 3.53. The van der Waals surface area contributed by atoms with Crippen molar-refractivity contribution in [1.29, 1.82) is 0 Å². The van der Waals surface area contributed by atoms with Gasteiger partial charge in [-0.25, -0.2) is 0 Å². The Morgan fingerprint density at radius 2 is 1.60 bits per heavy atom. The van der Waals surface area contributed by atoms with Crippen LogP contribution in [0.15, 0.2) is 59.1 Å². The summed E-state index contributed by atoms with van der Waals surface area (Å²) >= 11 is 0. The lowest BCUT2D eigenvalue weighted by Gasteiger charge is -2.33. The van der Waals surface area contributed by atoms with Crippen molar-refractivity contribution in [1.82, 2.24) is 19.9 Å². The molecular formula is C24H26N4O2.